The molecule has 0 aliphatic carbocycles. The van der Waals surface area contributed by atoms with Crippen molar-refractivity contribution in [1.29, 1.82) is 0 Å². The lowest BCUT2D eigenvalue weighted by atomic mass is 10.1. The van der Waals surface area contributed by atoms with E-state index >= 15 is 0 Å². The van der Waals surface area contributed by atoms with Crippen molar-refractivity contribution in [2.75, 3.05) is 10.0 Å². The summed E-state index contributed by atoms with van der Waals surface area (Å²) in [7, 11) is -4.08. The molecule has 0 fully saturated rings. The number of aryl methyl sites for hydroxylation is 2. The first-order valence-corrected chi connectivity index (χ1v) is 13.0. The van der Waals surface area contributed by atoms with Crippen LogP contribution >= 0.6 is 11.6 Å². The minimum atomic E-state index is -4.08. The van der Waals surface area contributed by atoms with E-state index in [0.29, 0.717) is 16.9 Å². The van der Waals surface area contributed by atoms with Crippen LogP contribution in [0.25, 0.3) is 0 Å². The first-order valence-electron chi connectivity index (χ1n) is 11.1. The van der Waals surface area contributed by atoms with Gasteiger partial charge >= 0.3 is 0 Å². The van der Waals surface area contributed by atoms with Crippen LogP contribution in [0.4, 0.5) is 11.4 Å². The van der Waals surface area contributed by atoms with Gasteiger partial charge in [0.1, 0.15) is 4.90 Å². The van der Waals surface area contributed by atoms with Crippen LogP contribution in [-0.2, 0) is 10.0 Å². The molecule has 0 bridgehead atoms. The number of amides is 2. The van der Waals surface area contributed by atoms with Gasteiger partial charge in [0.05, 0.1) is 22.0 Å². The zero-order valence-corrected chi connectivity index (χ0v) is 21.5. The Morgan fingerprint density at radius 2 is 1.66 bits per heavy atom. The maximum atomic E-state index is 13.1. The number of hydrogen-bond acceptors (Lipinski definition) is 4. The highest BCUT2D eigenvalue weighted by Gasteiger charge is 2.22. The summed E-state index contributed by atoms with van der Waals surface area (Å²) in [4.78, 5) is 25.4. The number of benzene rings is 3. The second-order valence-electron chi connectivity index (χ2n) is 8.35. The van der Waals surface area contributed by atoms with Crippen molar-refractivity contribution in [3.63, 3.8) is 0 Å². The molecule has 1 atom stereocenters. The van der Waals surface area contributed by atoms with E-state index < -0.39 is 15.9 Å². The Hall–Kier alpha value is -3.36. The molecule has 0 aliphatic heterocycles. The average Bonchev–Trinajstić information content (AvgIpc) is 2.81. The second kappa shape index (κ2) is 10.9. The number of para-hydroxylation sites is 1. The summed E-state index contributed by atoms with van der Waals surface area (Å²) in [5.41, 5.74) is 2.76. The summed E-state index contributed by atoms with van der Waals surface area (Å²) in [5, 5.41) is 5.56. The first-order chi connectivity index (χ1) is 16.5. The molecule has 3 N–H and O–H groups in total. The molecule has 0 aromatic heterocycles. The van der Waals surface area contributed by atoms with Gasteiger partial charge in [-0.2, -0.15) is 0 Å². The summed E-state index contributed by atoms with van der Waals surface area (Å²) < 4.78 is 28.8. The highest BCUT2D eigenvalue weighted by Crippen LogP contribution is 2.27. The van der Waals surface area contributed by atoms with E-state index in [2.05, 4.69) is 15.4 Å². The molecule has 0 saturated heterocycles. The maximum Gasteiger partial charge on any atom is 0.263 e. The summed E-state index contributed by atoms with van der Waals surface area (Å²) in [6, 6.07) is 16.0. The average molecular weight is 514 g/mol. The topological polar surface area (TPSA) is 104 Å². The molecule has 0 heterocycles. The van der Waals surface area contributed by atoms with Gasteiger partial charge in [-0.1, -0.05) is 42.8 Å². The van der Waals surface area contributed by atoms with Crippen molar-refractivity contribution < 1.29 is 18.0 Å². The fourth-order valence-corrected chi connectivity index (χ4v) is 4.93. The van der Waals surface area contributed by atoms with Crippen LogP contribution in [-0.4, -0.2) is 26.3 Å². The van der Waals surface area contributed by atoms with Crippen LogP contribution in [0, 0.1) is 13.8 Å². The van der Waals surface area contributed by atoms with Crippen LogP contribution in [0.15, 0.2) is 65.6 Å². The van der Waals surface area contributed by atoms with Crippen LogP contribution < -0.4 is 15.4 Å². The largest absolute Gasteiger partial charge is 0.350 e. The number of nitrogens with one attached hydrogen (secondary N) is 3. The number of anilines is 2. The van der Waals surface area contributed by atoms with Gasteiger partial charge in [-0.15, -0.1) is 0 Å². The molecule has 35 heavy (non-hydrogen) atoms. The molecule has 0 saturated carbocycles. The molecule has 184 valence electrons. The highest BCUT2D eigenvalue weighted by atomic mass is 35.5. The van der Waals surface area contributed by atoms with E-state index in [1.54, 1.807) is 37.3 Å². The molecular formula is C26H28ClN3O4S. The Kier molecular flexibility index (Phi) is 8.19. The number of rotatable bonds is 8. The molecule has 3 aromatic rings. The van der Waals surface area contributed by atoms with Crippen LogP contribution in [0.3, 0.4) is 0 Å². The molecular weight excluding hydrogens is 486 g/mol. The number of hydrogen-bond donors (Lipinski definition) is 3. The Bertz CT molecular complexity index is 1370. The van der Waals surface area contributed by atoms with Gasteiger partial charge in [0.25, 0.3) is 21.8 Å². The summed E-state index contributed by atoms with van der Waals surface area (Å²) in [5.74, 6) is -0.888. The van der Waals surface area contributed by atoms with E-state index in [0.717, 1.165) is 17.5 Å². The monoisotopic (exact) mass is 513 g/mol. The van der Waals surface area contributed by atoms with Gasteiger partial charge in [-0.25, -0.2) is 8.42 Å². The molecule has 9 heteroatoms. The molecule has 0 aliphatic rings. The fraction of sp³-hybridized carbons (Fsp3) is 0.231. The lowest BCUT2D eigenvalue weighted by Gasteiger charge is -2.15. The van der Waals surface area contributed by atoms with Crippen molar-refractivity contribution in [2.24, 2.45) is 0 Å². The van der Waals surface area contributed by atoms with Crippen LogP contribution in [0.1, 0.15) is 52.1 Å². The number of sulfonamides is 1. The Balaban J connectivity index is 1.89. The van der Waals surface area contributed by atoms with Gasteiger partial charge in [0.2, 0.25) is 0 Å². The molecule has 3 rings (SSSR count). The standard InChI is InChI=1S/C26H28ClN3O4S/c1-5-18(4)28-26(32)20-8-6-7-9-22(20)29-25(31)19-12-13-21(27)24(15-19)35(33,34)30-23-14-16(2)10-11-17(23)3/h6-15,18,30H,5H2,1-4H3,(H,28,32)(H,29,31)/t18-/m1/s1. The molecule has 0 spiro atoms. The van der Waals surface area contributed by atoms with E-state index in [4.69, 9.17) is 11.6 Å². The lowest BCUT2D eigenvalue weighted by molar-refractivity contribution is 0.0940. The third kappa shape index (κ3) is 6.41. The normalized spacial score (nSPS) is 12.0. The van der Waals surface area contributed by atoms with Crippen molar-refractivity contribution in [3.05, 3.63) is 87.9 Å². The van der Waals surface area contributed by atoms with E-state index in [1.165, 1.54) is 18.2 Å². The molecule has 0 unspecified atom stereocenters. The first kappa shape index (κ1) is 26.2. The Labute approximate surface area is 211 Å². The quantitative estimate of drug-likeness (QED) is 0.368. The van der Waals surface area contributed by atoms with Crippen molar-refractivity contribution in [2.45, 2.75) is 45.1 Å². The van der Waals surface area contributed by atoms with Crippen molar-refractivity contribution in [1.82, 2.24) is 5.32 Å². The zero-order chi connectivity index (χ0) is 25.8. The van der Waals surface area contributed by atoms with Gasteiger partial charge in [0.15, 0.2) is 0 Å². The van der Waals surface area contributed by atoms with Gasteiger partial charge in [-0.3, -0.25) is 14.3 Å². The van der Waals surface area contributed by atoms with Crippen LogP contribution in [0.2, 0.25) is 5.02 Å². The third-order valence-electron chi connectivity index (χ3n) is 5.53. The maximum absolute atomic E-state index is 13.1. The number of carbonyl (C=O) groups is 2. The molecule has 0 radical (unpaired) electrons. The second-order valence-corrected chi connectivity index (χ2v) is 10.4. The van der Waals surface area contributed by atoms with Gasteiger partial charge in [0, 0.05) is 11.6 Å². The summed E-state index contributed by atoms with van der Waals surface area (Å²) in [6.45, 7) is 7.49. The number of halogens is 1. The minimum Gasteiger partial charge on any atom is -0.350 e. The van der Waals surface area contributed by atoms with E-state index in [-0.39, 0.29) is 27.4 Å². The van der Waals surface area contributed by atoms with Crippen molar-refractivity contribution >= 4 is 44.8 Å². The predicted octanol–water partition coefficient (Wildman–Crippen LogP) is 5.54. The molecule has 3 aromatic carbocycles. The SMILES string of the molecule is CC[C@@H](C)NC(=O)c1ccccc1NC(=O)c1ccc(Cl)c(S(=O)(=O)Nc2cc(C)ccc2C)c1. The van der Waals surface area contributed by atoms with Gasteiger partial charge < -0.3 is 10.6 Å². The summed E-state index contributed by atoms with van der Waals surface area (Å²) in [6.07, 6.45) is 0.762. The minimum absolute atomic E-state index is 0.0207. The molecule has 7 nitrogen and oxygen atoms in total. The summed E-state index contributed by atoms with van der Waals surface area (Å²) >= 11 is 6.21. The molecule has 2 amide bonds. The van der Waals surface area contributed by atoms with E-state index in [9.17, 15) is 18.0 Å². The number of carbonyl (C=O) groups excluding carboxylic acids is 2. The lowest BCUT2D eigenvalue weighted by Crippen LogP contribution is -2.32. The predicted molar refractivity (Wildman–Crippen MR) is 140 cm³/mol. The Morgan fingerprint density at radius 3 is 2.37 bits per heavy atom. The third-order valence-corrected chi connectivity index (χ3v) is 7.38. The van der Waals surface area contributed by atoms with Gasteiger partial charge in [-0.05, 0) is 74.7 Å². The fourth-order valence-electron chi connectivity index (χ4n) is 3.28. The van der Waals surface area contributed by atoms with Crippen molar-refractivity contribution in [3.8, 4) is 0 Å². The zero-order valence-electron chi connectivity index (χ0n) is 20.0. The van der Waals surface area contributed by atoms with E-state index in [1.807, 2.05) is 32.9 Å². The Morgan fingerprint density at radius 1 is 0.943 bits per heavy atom. The van der Waals surface area contributed by atoms with Crippen LogP contribution in [0.5, 0.6) is 0 Å². The highest BCUT2D eigenvalue weighted by molar-refractivity contribution is 7.92. The smallest absolute Gasteiger partial charge is 0.263 e.